The summed E-state index contributed by atoms with van der Waals surface area (Å²) in [5.41, 5.74) is 0.542. The van der Waals surface area contributed by atoms with Crippen LogP contribution in [0.15, 0.2) is 30.7 Å². The summed E-state index contributed by atoms with van der Waals surface area (Å²) in [6.45, 7) is 0.118. The average Bonchev–Trinajstić information content (AvgIpc) is 2.76. The number of pyridine rings is 1. The molecule has 0 bridgehead atoms. The van der Waals surface area contributed by atoms with E-state index in [1.165, 1.54) is 6.20 Å². The zero-order valence-electron chi connectivity index (χ0n) is 8.25. The van der Waals surface area contributed by atoms with Crippen LogP contribution in [0.2, 0.25) is 0 Å². The van der Waals surface area contributed by atoms with Gasteiger partial charge in [0.2, 0.25) is 0 Å². The quantitative estimate of drug-likeness (QED) is 0.803. The van der Waals surface area contributed by atoms with E-state index < -0.39 is 5.97 Å². The number of H-pyrrole nitrogens is 1. The van der Waals surface area contributed by atoms with E-state index in [-0.39, 0.29) is 12.2 Å². The van der Waals surface area contributed by atoms with Crippen LogP contribution in [0.3, 0.4) is 0 Å². The summed E-state index contributed by atoms with van der Waals surface area (Å²) in [5.74, 6) is -0.452. The minimum atomic E-state index is -1.03. The van der Waals surface area contributed by atoms with Crippen LogP contribution >= 0.6 is 0 Å². The van der Waals surface area contributed by atoms with Crippen LogP contribution in [0.1, 0.15) is 16.1 Å². The van der Waals surface area contributed by atoms with Gasteiger partial charge < -0.3 is 9.84 Å². The Labute approximate surface area is 90.9 Å². The number of hydrogen-bond donors (Lipinski definition) is 2. The summed E-state index contributed by atoms with van der Waals surface area (Å²) in [7, 11) is 0. The Morgan fingerprint density at radius 2 is 2.38 bits per heavy atom. The second kappa shape index (κ2) is 4.43. The number of nitrogens with zero attached hydrogens (tertiary/aromatic N) is 2. The van der Waals surface area contributed by atoms with Crippen molar-refractivity contribution < 1.29 is 14.6 Å². The summed E-state index contributed by atoms with van der Waals surface area (Å²) in [5, 5.41) is 15.1. The normalized spacial score (nSPS) is 10.0. The fourth-order valence-electron chi connectivity index (χ4n) is 1.20. The first-order valence-corrected chi connectivity index (χ1v) is 4.55. The first kappa shape index (κ1) is 10.2. The third kappa shape index (κ3) is 2.17. The van der Waals surface area contributed by atoms with Gasteiger partial charge >= 0.3 is 5.97 Å². The Bertz CT molecular complexity index is 481. The number of nitrogens with one attached hydrogen (secondary N) is 1. The fourth-order valence-corrected chi connectivity index (χ4v) is 1.20. The van der Waals surface area contributed by atoms with E-state index in [0.717, 1.165) is 0 Å². The molecule has 0 atom stereocenters. The molecule has 82 valence electrons. The number of rotatable bonds is 4. The Hall–Kier alpha value is -2.37. The van der Waals surface area contributed by atoms with Crippen molar-refractivity contribution in [1.29, 1.82) is 0 Å². The van der Waals surface area contributed by atoms with Gasteiger partial charge in [-0.1, -0.05) is 0 Å². The second-order valence-electron chi connectivity index (χ2n) is 3.04. The lowest BCUT2D eigenvalue weighted by molar-refractivity contribution is 0.0694. The van der Waals surface area contributed by atoms with Gasteiger partial charge in [-0.2, -0.15) is 5.10 Å². The molecule has 16 heavy (non-hydrogen) atoms. The monoisotopic (exact) mass is 219 g/mol. The van der Waals surface area contributed by atoms with Gasteiger partial charge in [-0.3, -0.25) is 10.1 Å². The van der Waals surface area contributed by atoms with Crippen molar-refractivity contribution in [3.63, 3.8) is 0 Å². The highest BCUT2D eigenvalue weighted by atomic mass is 16.5. The van der Waals surface area contributed by atoms with Crippen LogP contribution in [0.4, 0.5) is 0 Å². The third-order valence-corrected chi connectivity index (χ3v) is 1.97. The van der Waals surface area contributed by atoms with Gasteiger partial charge in [0.05, 0.1) is 18.1 Å². The van der Waals surface area contributed by atoms with Crippen molar-refractivity contribution in [2.24, 2.45) is 0 Å². The highest BCUT2D eigenvalue weighted by molar-refractivity contribution is 5.88. The molecule has 0 amide bonds. The van der Waals surface area contributed by atoms with Crippen molar-refractivity contribution >= 4 is 5.97 Å². The maximum atomic E-state index is 10.8. The molecule has 0 radical (unpaired) electrons. The number of aromatic amines is 1. The molecule has 2 heterocycles. The molecule has 6 nitrogen and oxygen atoms in total. The molecular weight excluding hydrogens is 210 g/mol. The molecule has 0 aliphatic carbocycles. The Morgan fingerprint density at radius 3 is 3.06 bits per heavy atom. The van der Waals surface area contributed by atoms with Crippen molar-refractivity contribution in [2.75, 3.05) is 0 Å². The molecule has 0 aliphatic heterocycles. The largest absolute Gasteiger partial charge is 0.486 e. The predicted octanol–water partition coefficient (Wildman–Crippen LogP) is 1.08. The average molecular weight is 219 g/mol. The van der Waals surface area contributed by atoms with E-state index in [0.29, 0.717) is 11.4 Å². The standard InChI is InChI=1S/C10H9N3O3/c14-10(15)8-5-12-13-9(8)6-16-7-2-1-3-11-4-7/h1-5H,6H2,(H,12,13)(H,14,15). The number of carbonyl (C=O) groups is 1. The first-order valence-electron chi connectivity index (χ1n) is 4.55. The molecule has 0 spiro atoms. The van der Waals surface area contributed by atoms with E-state index >= 15 is 0 Å². The third-order valence-electron chi connectivity index (χ3n) is 1.97. The van der Waals surface area contributed by atoms with Gasteiger partial charge in [0.15, 0.2) is 0 Å². The number of ether oxygens (including phenoxy) is 1. The summed E-state index contributed by atoms with van der Waals surface area (Å²) in [4.78, 5) is 14.6. The highest BCUT2D eigenvalue weighted by Gasteiger charge is 2.12. The van der Waals surface area contributed by atoms with E-state index in [9.17, 15) is 4.79 Å². The molecule has 2 N–H and O–H groups in total. The maximum absolute atomic E-state index is 10.8. The van der Waals surface area contributed by atoms with Crippen molar-refractivity contribution in [2.45, 2.75) is 6.61 Å². The Morgan fingerprint density at radius 1 is 1.50 bits per heavy atom. The van der Waals surface area contributed by atoms with Crippen LogP contribution in [-0.4, -0.2) is 26.3 Å². The fraction of sp³-hybridized carbons (Fsp3) is 0.100. The molecule has 2 rings (SSSR count). The number of hydrogen-bond acceptors (Lipinski definition) is 4. The van der Waals surface area contributed by atoms with E-state index in [2.05, 4.69) is 15.2 Å². The smallest absolute Gasteiger partial charge is 0.339 e. The molecule has 0 saturated carbocycles. The number of aromatic carboxylic acids is 1. The van der Waals surface area contributed by atoms with Gasteiger partial charge in [-0.15, -0.1) is 0 Å². The molecule has 0 fully saturated rings. The zero-order valence-corrected chi connectivity index (χ0v) is 8.25. The predicted molar refractivity (Wildman–Crippen MR) is 54.1 cm³/mol. The van der Waals surface area contributed by atoms with Crippen LogP contribution in [0.5, 0.6) is 5.75 Å². The molecule has 0 aromatic carbocycles. The second-order valence-corrected chi connectivity index (χ2v) is 3.04. The number of carboxylic acid groups (broad SMARTS) is 1. The maximum Gasteiger partial charge on any atom is 0.339 e. The summed E-state index contributed by atoms with van der Waals surface area (Å²) < 4.78 is 5.34. The molecule has 0 aliphatic rings. The zero-order chi connectivity index (χ0) is 11.4. The van der Waals surface area contributed by atoms with Gasteiger partial charge in [0.1, 0.15) is 17.9 Å². The highest BCUT2D eigenvalue weighted by Crippen LogP contribution is 2.11. The minimum Gasteiger partial charge on any atom is -0.486 e. The minimum absolute atomic E-state index is 0.115. The SMILES string of the molecule is O=C(O)c1cn[nH]c1COc1cccnc1. The molecule has 0 unspecified atom stereocenters. The molecule has 6 heteroatoms. The molecule has 0 saturated heterocycles. The Balaban J connectivity index is 2.05. The van der Waals surface area contributed by atoms with Gasteiger partial charge in [-0.25, -0.2) is 4.79 Å². The van der Waals surface area contributed by atoms with E-state index in [4.69, 9.17) is 9.84 Å². The van der Waals surface area contributed by atoms with Crippen molar-refractivity contribution in [1.82, 2.24) is 15.2 Å². The van der Waals surface area contributed by atoms with Crippen LogP contribution in [-0.2, 0) is 6.61 Å². The van der Waals surface area contributed by atoms with Crippen LogP contribution in [0.25, 0.3) is 0 Å². The first-order chi connectivity index (χ1) is 7.77. The number of carboxylic acids is 1. The van der Waals surface area contributed by atoms with Crippen LogP contribution < -0.4 is 4.74 Å². The summed E-state index contributed by atoms with van der Waals surface area (Å²) in [6.07, 6.45) is 4.44. The summed E-state index contributed by atoms with van der Waals surface area (Å²) in [6, 6.07) is 3.48. The van der Waals surface area contributed by atoms with Gasteiger partial charge in [0, 0.05) is 6.20 Å². The van der Waals surface area contributed by atoms with E-state index in [1.54, 1.807) is 24.5 Å². The van der Waals surface area contributed by atoms with Crippen molar-refractivity contribution in [3.8, 4) is 5.75 Å². The lowest BCUT2D eigenvalue weighted by atomic mass is 10.2. The van der Waals surface area contributed by atoms with Gasteiger partial charge in [-0.05, 0) is 12.1 Å². The molecule has 2 aromatic heterocycles. The lowest BCUT2D eigenvalue weighted by Crippen LogP contribution is -2.04. The molecule has 2 aromatic rings. The Kier molecular flexibility index (Phi) is 2.81. The van der Waals surface area contributed by atoms with Gasteiger partial charge in [0.25, 0.3) is 0 Å². The molecular formula is C10H9N3O3. The number of aromatic nitrogens is 3. The van der Waals surface area contributed by atoms with E-state index in [1.807, 2.05) is 0 Å². The lowest BCUT2D eigenvalue weighted by Gasteiger charge is -2.03. The van der Waals surface area contributed by atoms with Crippen molar-refractivity contribution in [3.05, 3.63) is 42.0 Å². The topological polar surface area (TPSA) is 88.1 Å². The summed E-state index contributed by atoms with van der Waals surface area (Å²) >= 11 is 0. The van der Waals surface area contributed by atoms with Crippen LogP contribution in [0, 0.1) is 0 Å².